The van der Waals surface area contributed by atoms with Gasteiger partial charge in [0.2, 0.25) is 11.8 Å². The lowest BCUT2D eigenvalue weighted by Gasteiger charge is -2.19. The molecule has 0 aromatic heterocycles. The zero-order valence-electron chi connectivity index (χ0n) is 14.2. The first-order valence-corrected chi connectivity index (χ1v) is 8.94. The number of nitrogens with one attached hydrogen (secondary N) is 1. The molecule has 3 rings (SSSR count). The second-order valence-corrected chi connectivity index (χ2v) is 7.16. The molecule has 1 saturated heterocycles. The molecule has 1 aromatic rings. The Morgan fingerprint density at radius 2 is 1.96 bits per heavy atom. The summed E-state index contributed by atoms with van der Waals surface area (Å²) in [4.78, 5) is 38.4. The van der Waals surface area contributed by atoms with Crippen molar-refractivity contribution in [2.24, 2.45) is 5.92 Å². The lowest BCUT2D eigenvalue weighted by atomic mass is 10.0. The van der Waals surface area contributed by atoms with Crippen LogP contribution in [-0.2, 0) is 9.59 Å². The minimum Gasteiger partial charge on any atom is -0.349 e. The summed E-state index contributed by atoms with van der Waals surface area (Å²) in [6.45, 7) is 0.399. The van der Waals surface area contributed by atoms with Gasteiger partial charge in [-0.3, -0.25) is 14.5 Å². The summed E-state index contributed by atoms with van der Waals surface area (Å²) in [5, 5.41) is 3.77. The number of carbonyl (C=O) groups excluding carboxylic acids is 3. The topological polar surface area (TPSA) is 69.7 Å². The molecule has 25 heavy (non-hydrogen) atoms. The SMILES string of the molecule is CN1CC(=O)N(CCCC(=O)NC(c2ccc(Cl)cc2)C2CC2)C1=O. The van der Waals surface area contributed by atoms with Crippen LogP contribution in [0.2, 0.25) is 5.02 Å². The number of halogens is 1. The molecule has 7 heteroatoms. The van der Waals surface area contributed by atoms with Crippen LogP contribution in [0.1, 0.15) is 37.3 Å². The van der Waals surface area contributed by atoms with E-state index in [4.69, 9.17) is 11.6 Å². The summed E-state index contributed by atoms with van der Waals surface area (Å²) < 4.78 is 0. The highest BCUT2D eigenvalue weighted by Gasteiger charge is 2.34. The van der Waals surface area contributed by atoms with Crippen LogP contribution in [0.3, 0.4) is 0 Å². The third-order valence-corrected chi connectivity index (χ3v) is 4.91. The molecule has 6 nitrogen and oxygen atoms in total. The van der Waals surface area contributed by atoms with E-state index in [1.54, 1.807) is 7.05 Å². The molecule has 1 saturated carbocycles. The van der Waals surface area contributed by atoms with E-state index >= 15 is 0 Å². The highest BCUT2D eigenvalue weighted by Crippen LogP contribution is 2.41. The largest absolute Gasteiger partial charge is 0.349 e. The van der Waals surface area contributed by atoms with Gasteiger partial charge in [0.05, 0.1) is 6.04 Å². The van der Waals surface area contributed by atoms with E-state index in [1.807, 2.05) is 24.3 Å². The van der Waals surface area contributed by atoms with Crippen molar-refractivity contribution in [2.75, 3.05) is 20.1 Å². The van der Waals surface area contributed by atoms with Crippen molar-refractivity contribution in [1.82, 2.24) is 15.1 Å². The van der Waals surface area contributed by atoms with Gasteiger partial charge in [0.15, 0.2) is 0 Å². The first kappa shape index (κ1) is 17.7. The van der Waals surface area contributed by atoms with Gasteiger partial charge in [-0.2, -0.15) is 0 Å². The number of amides is 4. The van der Waals surface area contributed by atoms with Crippen LogP contribution in [0, 0.1) is 5.92 Å². The van der Waals surface area contributed by atoms with Gasteiger partial charge in [-0.15, -0.1) is 0 Å². The number of imide groups is 1. The van der Waals surface area contributed by atoms with Gasteiger partial charge in [-0.1, -0.05) is 23.7 Å². The van der Waals surface area contributed by atoms with Crippen molar-refractivity contribution in [1.29, 1.82) is 0 Å². The maximum absolute atomic E-state index is 12.3. The molecular formula is C18H22ClN3O3. The smallest absolute Gasteiger partial charge is 0.326 e. The predicted octanol–water partition coefficient (Wildman–Crippen LogP) is 2.58. The van der Waals surface area contributed by atoms with Crippen LogP contribution < -0.4 is 5.32 Å². The van der Waals surface area contributed by atoms with Crippen molar-refractivity contribution in [3.63, 3.8) is 0 Å². The standard InChI is InChI=1S/C18H22ClN3O3/c1-21-11-16(24)22(18(21)25)10-2-3-15(23)20-17(12-4-5-12)13-6-8-14(19)9-7-13/h6-9,12,17H,2-5,10-11H2,1H3,(H,20,23). The zero-order valence-corrected chi connectivity index (χ0v) is 15.0. The zero-order chi connectivity index (χ0) is 18.0. The number of hydrogen-bond acceptors (Lipinski definition) is 3. The Morgan fingerprint density at radius 3 is 2.52 bits per heavy atom. The molecule has 2 fully saturated rings. The Balaban J connectivity index is 1.50. The molecule has 0 spiro atoms. The molecule has 0 radical (unpaired) electrons. The third-order valence-electron chi connectivity index (χ3n) is 4.66. The summed E-state index contributed by atoms with van der Waals surface area (Å²) in [7, 11) is 1.60. The second kappa shape index (κ2) is 7.44. The minimum absolute atomic E-state index is 0.00551. The lowest BCUT2D eigenvalue weighted by Crippen LogP contribution is -2.34. The fraction of sp³-hybridized carbons (Fsp3) is 0.500. The number of urea groups is 1. The molecule has 1 aliphatic heterocycles. The van der Waals surface area contributed by atoms with Crippen LogP contribution in [0.25, 0.3) is 0 Å². The predicted molar refractivity (Wildman–Crippen MR) is 94.0 cm³/mol. The monoisotopic (exact) mass is 363 g/mol. The van der Waals surface area contributed by atoms with Crippen molar-refractivity contribution < 1.29 is 14.4 Å². The summed E-state index contributed by atoms with van der Waals surface area (Å²) in [5.41, 5.74) is 1.06. The summed E-state index contributed by atoms with van der Waals surface area (Å²) in [6.07, 6.45) is 2.97. The number of benzene rings is 1. The molecule has 1 unspecified atom stereocenters. The number of rotatable bonds is 7. The van der Waals surface area contributed by atoms with Crippen molar-refractivity contribution in [3.8, 4) is 0 Å². The highest BCUT2D eigenvalue weighted by atomic mass is 35.5. The first-order chi connectivity index (χ1) is 12.0. The van der Waals surface area contributed by atoms with E-state index in [9.17, 15) is 14.4 Å². The lowest BCUT2D eigenvalue weighted by molar-refractivity contribution is -0.126. The van der Waals surface area contributed by atoms with Gasteiger partial charge < -0.3 is 10.2 Å². The number of carbonyl (C=O) groups is 3. The van der Waals surface area contributed by atoms with Gasteiger partial charge in [0.25, 0.3) is 0 Å². The maximum Gasteiger partial charge on any atom is 0.326 e. The molecule has 2 aliphatic rings. The normalized spacial score (nSPS) is 18.6. The first-order valence-electron chi connectivity index (χ1n) is 8.56. The van der Waals surface area contributed by atoms with Crippen molar-refractivity contribution in [3.05, 3.63) is 34.9 Å². The summed E-state index contributed by atoms with van der Waals surface area (Å²) >= 11 is 5.93. The molecule has 1 aromatic carbocycles. The quantitative estimate of drug-likeness (QED) is 0.757. The molecule has 134 valence electrons. The molecule has 1 atom stereocenters. The maximum atomic E-state index is 12.3. The molecule has 4 amide bonds. The van der Waals surface area contributed by atoms with Gasteiger partial charge in [0, 0.05) is 25.0 Å². The fourth-order valence-electron chi connectivity index (χ4n) is 3.11. The molecular weight excluding hydrogens is 342 g/mol. The molecule has 1 N–H and O–H groups in total. The van der Waals surface area contributed by atoms with Crippen molar-refractivity contribution in [2.45, 2.75) is 31.7 Å². The van der Waals surface area contributed by atoms with Gasteiger partial charge in [0.1, 0.15) is 6.54 Å². The second-order valence-electron chi connectivity index (χ2n) is 6.72. The van der Waals surface area contributed by atoms with Gasteiger partial charge in [-0.05, 0) is 42.9 Å². The van der Waals surface area contributed by atoms with Crippen LogP contribution in [-0.4, -0.2) is 47.8 Å². The van der Waals surface area contributed by atoms with Gasteiger partial charge >= 0.3 is 6.03 Å². The van der Waals surface area contributed by atoms with Crippen LogP contribution >= 0.6 is 11.6 Å². The van der Waals surface area contributed by atoms with Crippen LogP contribution in [0.15, 0.2) is 24.3 Å². The molecule has 0 bridgehead atoms. The molecule has 1 aliphatic carbocycles. The van der Waals surface area contributed by atoms with E-state index in [0.29, 0.717) is 17.4 Å². The minimum atomic E-state index is -0.289. The van der Waals surface area contributed by atoms with Gasteiger partial charge in [-0.25, -0.2) is 4.79 Å². The number of likely N-dealkylation sites (N-methyl/N-ethyl adjacent to an activating group) is 1. The van der Waals surface area contributed by atoms with E-state index in [0.717, 1.165) is 18.4 Å². The Bertz CT molecular complexity index is 673. The number of nitrogens with zero attached hydrogens (tertiary/aromatic N) is 2. The van der Waals surface area contributed by atoms with E-state index < -0.39 is 0 Å². The highest BCUT2D eigenvalue weighted by molar-refractivity contribution is 6.30. The fourth-order valence-corrected chi connectivity index (χ4v) is 3.23. The molecule has 1 heterocycles. The third kappa shape index (κ3) is 4.31. The van der Waals surface area contributed by atoms with E-state index in [1.165, 1.54) is 9.80 Å². The van der Waals surface area contributed by atoms with Crippen LogP contribution in [0.5, 0.6) is 0 Å². The average molecular weight is 364 g/mol. The van der Waals surface area contributed by atoms with E-state index in [-0.39, 0.29) is 43.4 Å². The Kier molecular flexibility index (Phi) is 5.27. The Morgan fingerprint density at radius 1 is 1.28 bits per heavy atom. The summed E-state index contributed by atoms with van der Waals surface area (Å²) in [6, 6.07) is 7.28. The average Bonchev–Trinajstić information content (AvgIpc) is 3.38. The Labute approximate surface area is 152 Å². The van der Waals surface area contributed by atoms with Crippen molar-refractivity contribution >= 4 is 29.4 Å². The summed E-state index contributed by atoms with van der Waals surface area (Å²) in [5.74, 6) is 0.213. The van der Waals surface area contributed by atoms with E-state index in [2.05, 4.69) is 5.32 Å². The Hall–Kier alpha value is -2.08. The number of hydrogen-bond donors (Lipinski definition) is 1. The van der Waals surface area contributed by atoms with Crippen LogP contribution in [0.4, 0.5) is 4.79 Å².